The molecule has 0 aliphatic carbocycles. The molecule has 0 unspecified atom stereocenters. The molecule has 0 bridgehead atoms. The number of aromatic amines is 2. The van der Waals surface area contributed by atoms with Gasteiger partial charge in [-0.2, -0.15) is 0 Å². The molecule has 18 heavy (non-hydrogen) atoms. The second-order valence-electron chi connectivity index (χ2n) is 3.52. The minimum Gasteiger partial charge on any atom is -0.353 e. The number of aromatic nitrogens is 5. The van der Waals surface area contributed by atoms with Gasteiger partial charge in [0, 0.05) is 11.8 Å². The van der Waals surface area contributed by atoms with Crippen LogP contribution in [0, 0.1) is 0 Å². The zero-order valence-electron chi connectivity index (χ0n) is 9.21. The Morgan fingerprint density at radius 1 is 1.39 bits per heavy atom. The van der Waals surface area contributed by atoms with E-state index >= 15 is 0 Å². The third-order valence-corrected chi connectivity index (χ3v) is 2.10. The lowest BCUT2D eigenvalue weighted by Crippen LogP contribution is -2.23. The monoisotopic (exact) mass is 250 g/mol. The normalized spacial score (nSPS) is 10.2. The highest BCUT2D eigenvalue weighted by atomic mass is 16.2. The van der Waals surface area contributed by atoms with Gasteiger partial charge in [-0.1, -0.05) is 5.21 Å². The molecular weight excluding hydrogens is 240 g/mol. The van der Waals surface area contributed by atoms with Gasteiger partial charge in [-0.05, 0) is 0 Å². The molecule has 3 N–H and O–H groups in total. The lowest BCUT2D eigenvalue weighted by molar-refractivity contribution is -0.109. The molecule has 2 heterocycles. The molecule has 0 aromatic carbocycles. The molecule has 0 aliphatic rings. The number of carbonyl (C=O) groups is 1. The number of rotatable bonds is 5. The van der Waals surface area contributed by atoms with Crippen molar-refractivity contribution in [3.05, 3.63) is 44.5 Å². The van der Waals surface area contributed by atoms with E-state index in [0.29, 0.717) is 17.8 Å². The fourth-order valence-electron chi connectivity index (χ4n) is 1.42. The third-order valence-electron chi connectivity index (χ3n) is 2.10. The van der Waals surface area contributed by atoms with Crippen LogP contribution in [0.4, 0.5) is 0 Å². The Bertz CT molecular complexity index is 626. The van der Waals surface area contributed by atoms with Gasteiger partial charge in [0.15, 0.2) is 0 Å². The predicted octanol–water partition coefficient (Wildman–Crippen LogP) is -2.05. The van der Waals surface area contributed by atoms with Crippen LogP contribution < -0.4 is 16.6 Å². The van der Waals surface area contributed by atoms with Gasteiger partial charge in [0.05, 0.1) is 19.3 Å². The fraction of sp³-hybridized carbons (Fsp3) is 0.222. The summed E-state index contributed by atoms with van der Waals surface area (Å²) >= 11 is 0. The summed E-state index contributed by atoms with van der Waals surface area (Å²) in [7, 11) is 0. The maximum absolute atomic E-state index is 11.1. The number of hydrogen-bond acceptors (Lipinski definition) is 5. The van der Waals surface area contributed by atoms with Crippen LogP contribution in [-0.2, 0) is 17.9 Å². The first kappa shape index (κ1) is 11.8. The summed E-state index contributed by atoms with van der Waals surface area (Å²) < 4.78 is 1.45. The molecule has 0 fully saturated rings. The SMILES string of the molecule is O=CNCc1cn(Cc2cc(=O)[nH]c(=O)[nH]2)nn1. The quantitative estimate of drug-likeness (QED) is 0.526. The molecule has 0 radical (unpaired) electrons. The summed E-state index contributed by atoms with van der Waals surface area (Å²) in [5.74, 6) is 0. The van der Waals surface area contributed by atoms with E-state index in [-0.39, 0.29) is 13.1 Å². The van der Waals surface area contributed by atoms with Crippen LogP contribution in [0.5, 0.6) is 0 Å². The minimum absolute atomic E-state index is 0.216. The van der Waals surface area contributed by atoms with Crippen LogP contribution in [0.15, 0.2) is 21.9 Å². The molecule has 0 aliphatic heterocycles. The Labute approximate surface area is 99.9 Å². The van der Waals surface area contributed by atoms with E-state index in [0.717, 1.165) is 0 Å². The van der Waals surface area contributed by atoms with Gasteiger partial charge in [-0.3, -0.25) is 14.6 Å². The number of carbonyl (C=O) groups excluding carboxylic acids is 1. The summed E-state index contributed by atoms with van der Waals surface area (Å²) in [6.45, 7) is 0.489. The molecule has 2 rings (SSSR count). The van der Waals surface area contributed by atoms with E-state index in [1.165, 1.54) is 10.7 Å². The topological polar surface area (TPSA) is 126 Å². The molecule has 0 spiro atoms. The number of nitrogens with one attached hydrogen (secondary N) is 3. The van der Waals surface area contributed by atoms with Gasteiger partial charge in [0.2, 0.25) is 6.41 Å². The highest BCUT2D eigenvalue weighted by Gasteiger charge is 2.02. The number of amides is 1. The van der Waals surface area contributed by atoms with Crippen molar-refractivity contribution in [1.29, 1.82) is 0 Å². The molecule has 9 heteroatoms. The number of nitrogens with zero attached hydrogens (tertiary/aromatic N) is 3. The Morgan fingerprint density at radius 3 is 2.94 bits per heavy atom. The second kappa shape index (κ2) is 5.08. The second-order valence-corrected chi connectivity index (χ2v) is 3.52. The van der Waals surface area contributed by atoms with Crippen LogP contribution in [0.2, 0.25) is 0 Å². The van der Waals surface area contributed by atoms with Crippen molar-refractivity contribution in [2.75, 3.05) is 0 Å². The predicted molar refractivity (Wildman–Crippen MR) is 59.7 cm³/mol. The van der Waals surface area contributed by atoms with Crippen molar-refractivity contribution in [3.63, 3.8) is 0 Å². The Morgan fingerprint density at radius 2 is 2.22 bits per heavy atom. The van der Waals surface area contributed by atoms with Crippen LogP contribution in [0.3, 0.4) is 0 Å². The molecule has 0 atom stereocenters. The van der Waals surface area contributed by atoms with Gasteiger partial charge in [0.1, 0.15) is 5.69 Å². The molecule has 94 valence electrons. The smallest absolute Gasteiger partial charge is 0.325 e. The fourth-order valence-corrected chi connectivity index (χ4v) is 1.42. The Balaban J connectivity index is 2.13. The standard InChI is InChI=1S/C9H10N6O3/c16-5-10-2-7-4-15(14-13-7)3-6-1-8(17)12-9(18)11-6/h1,4-5H,2-3H2,(H,10,16)(H2,11,12,17,18). The van der Waals surface area contributed by atoms with Crippen molar-refractivity contribution in [3.8, 4) is 0 Å². The molecule has 0 saturated carbocycles. The molecule has 0 saturated heterocycles. The van der Waals surface area contributed by atoms with E-state index < -0.39 is 11.2 Å². The maximum Gasteiger partial charge on any atom is 0.325 e. The number of H-pyrrole nitrogens is 2. The van der Waals surface area contributed by atoms with Gasteiger partial charge in [-0.15, -0.1) is 5.10 Å². The van der Waals surface area contributed by atoms with Crippen LogP contribution in [0.25, 0.3) is 0 Å². The maximum atomic E-state index is 11.1. The van der Waals surface area contributed by atoms with Crippen molar-refractivity contribution >= 4 is 6.41 Å². The first-order chi connectivity index (χ1) is 8.67. The molecular formula is C9H10N6O3. The van der Waals surface area contributed by atoms with E-state index in [1.807, 2.05) is 0 Å². The summed E-state index contributed by atoms with van der Waals surface area (Å²) in [6.07, 6.45) is 2.17. The molecule has 2 aromatic heterocycles. The summed E-state index contributed by atoms with van der Waals surface area (Å²) in [5, 5.41) is 10.1. The first-order valence-corrected chi connectivity index (χ1v) is 5.06. The Hall–Kier alpha value is -2.71. The summed E-state index contributed by atoms with van der Waals surface area (Å²) in [4.78, 5) is 36.8. The largest absolute Gasteiger partial charge is 0.353 e. The minimum atomic E-state index is -0.569. The average molecular weight is 250 g/mol. The van der Waals surface area contributed by atoms with Gasteiger partial charge >= 0.3 is 5.69 Å². The van der Waals surface area contributed by atoms with Crippen molar-refractivity contribution in [2.45, 2.75) is 13.1 Å². The van der Waals surface area contributed by atoms with E-state index in [9.17, 15) is 14.4 Å². The third kappa shape index (κ3) is 2.90. The summed E-state index contributed by atoms with van der Waals surface area (Å²) in [5.41, 5.74) is -0.0463. The lowest BCUT2D eigenvalue weighted by atomic mass is 10.4. The summed E-state index contributed by atoms with van der Waals surface area (Å²) in [6, 6.07) is 1.27. The van der Waals surface area contributed by atoms with E-state index in [2.05, 4.69) is 25.6 Å². The number of hydrogen-bond donors (Lipinski definition) is 3. The molecule has 9 nitrogen and oxygen atoms in total. The van der Waals surface area contributed by atoms with Crippen LogP contribution in [0.1, 0.15) is 11.4 Å². The van der Waals surface area contributed by atoms with E-state index in [1.54, 1.807) is 6.20 Å². The zero-order valence-corrected chi connectivity index (χ0v) is 9.21. The Kier molecular flexibility index (Phi) is 3.32. The van der Waals surface area contributed by atoms with Crippen molar-refractivity contribution < 1.29 is 4.79 Å². The molecule has 2 aromatic rings. The van der Waals surface area contributed by atoms with Crippen LogP contribution >= 0.6 is 0 Å². The van der Waals surface area contributed by atoms with Crippen LogP contribution in [-0.4, -0.2) is 31.4 Å². The van der Waals surface area contributed by atoms with Gasteiger partial charge < -0.3 is 10.3 Å². The first-order valence-electron chi connectivity index (χ1n) is 5.06. The van der Waals surface area contributed by atoms with Gasteiger partial charge in [0.25, 0.3) is 5.56 Å². The average Bonchev–Trinajstić information content (AvgIpc) is 2.72. The highest BCUT2D eigenvalue weighted by molar-refractivity contribution is 5.45. The highest BCUT2D eigenvalue weighted by Crippen LogP contribution is 1.95. The lowest BCUT2D eigenvalue weighted by Gasteiger charge is -1.99. The molecule has 1 amide bonds. The zero-order chi connectivity index (χ0) is 13.0. The van der Waals surface area contributed by atoms with Gasteiger partial charge in [-0.25, -0.2) is 9.48 Å². The van der Waals surface area contributed by atoms with E-state index in [4.69, 9.17) is 0 Å². The van der Waals surface area contributed by atoms with Crippen molar-refractivity contribution in [1.82, 2.24) is 30.3 Å². The van der Waals surface area contributed by atoms with Crippen molar-refractivity contribution in [2.24, 2.45) is 0 Å².